The molecule has 0 spiro atoms. The van der Waals surface area contributed by atoms with E-state index in [0.29, 0.717) is 5.41 Å². The molecule has 90 valence electrons. The molecule has 0 fully saturated rings. The van der Waals surface area contributed by atoms with Crippen LogP contribution in [0.5, 0.6) is 0 Å². The summed E-state index contributed by atoms with van der Waals surface area (Å²) in [4.78, 5) is 0. The smallest absolute Gasteiger partial charge is 0.0280 e. The van der Waals surface area contributed by atoms with Gasteiger partial charge in [0, 0.05) is 0 Å². The second kappa shape index (κ2) is 7.96. The first kappa shape index (κ1) is 14.7. The van der Waals surface area contributed by atoms with Crippen molar-refractivity contribution in [2.45, 2.75) is 73.1 Å². The Labute approximate surface area is 97.2 Å². The molecule has 1 atom stereocenters. The van der Waals surface area contributed by atoms with E-state index < -0.39 is 0 Å². The van der Waals surface area contributed by atoms with Crippen LogP contribution in [0.4, 0.5) is 0 Å². The fraction of sp³-hybridized carbons (Fsp3) is 0.867. The van der Waals surface area contributed by atoms with Gasteiger partial charge in [-0.1, -0.05) is 66.0 Å². The van der Waals surface area contributed by atoms with Gasteiger partial charge in [-0.2, -0.15) is 0 Å². The average Bonchev–Trinajstić information content (AvgIpc) is 2.28. The molecule has 1 unspecified atom stereocenters. The van der Waals surface area contributed by atoms with E-state index in [1.54, 1.807) is 0 Å². The van der Waals surface area contributed by atoms with Gasteiger partial charge in [-0.15, -0.1) is 0 Å². The molecule has 0 N–H and O–H groups in total. The Morgan fingerprint density at radius 2 is 1.47 bits per heavy atom. The highest BCUT2D eigenvalue weighted by molar-refractivity contribution is 4.85. The summed E-state index contributed by atoms with van der Waals surface area (Å²) in [6.07, 6.45) is 12.4. The summed E-state index contributed by atoms with van der Waals surface area (Å²) in [5, 5.41) is 0. The van der Waals surface area contributed by atoms with Crippen molar-refractivity contribution in [1.82, 2.24) is 0 Å². The zero-order valence-corrected chi connectivity index (χ0v) is 11.5. The van der Waals surface area contributed by atoms with Gasteiger partial charge >= 0.3 is 0 Å². The molecule has 0 aromatic rings. The van der Waals surface area contributed by atoms with Crippen molar-refractivity contribution in [3.8, 4) is 0 Å². The monoisotopic (exact) mass is 210 g/mol. The van der Waals surface area contributed by atoms with Crippen molar-refractivity contribution >= 4 is 0 Å². The van der Waals surface area contributed by atoms with Crippen LogP contribution < -0.4 is 0 Å². The van der Waals surface area contributed by atoms with Crippen LogP contribution >= 0.6 is 0 Å². The molecule has 0 rings (SSSR count). The highest BCUT2D eigenvalue weighted by Crippen LogP contribution is 2.40. The molecule has 0 saturated heterocycles. The van der Waals surface area contributed by atoms with Crippen LogP contribution in [-0.4, -0.2) is 0 Å². The van der Waals surface area contributed by atoms with Crippen molar-refractivity contribution in [3.05, 3.63) is 12.2 Å². The number of rotatable bonds is 8. The summed E-state index contributed by atoms with van der Waals surface area (Å²) < 4.78 is 0. The molecule has 0 aromatic carbocycles. The SMILES string of the molecule is CCC=CCCC(C)C(CC)(CC)CC. The molecule has 0 nitrogen and oxygen atoms in total. The Morgan fingerprint density at radius 1 is 0.933 bits per heavy atom. The number of hydrogen-bond acceptors (Lipinski definition) is 0. The molecule has 0 aliphatic heterocycles. The van der Waals surface area contributed by atoms with E-state index in [4.69, 9.17) is 0 Å². The minimum absolute atomic E-state index is 0.597. The summed E-state index contributed by atoms with van der Waals surface area (Å²) in [6, 6.07) is 0. The molecular weight excluding hydrogens is 180 g/mol. The second-order valence-corrected chi connectivity index (χ2v) is 4.78. The zero-order valence-electron chi connectivity index (χ0n) is 11.5. The van der Waals surface area contributed by atoms with Gasteiger partial charge in [0.1, 0.15) is 0 Å². The third-order valence-corrected chi connectivity index (χ3v) is 4.33. The summed E-state index contributed by atoms with van der Waals surface area (Å²) in [5.41, 5.74) is 0.597. The van der Waals surface area contributed by atoms with Crippen LogP contribution in [0.15, 0.2) is 12.2 Å². The van der Waals surface area contributed by atoms with E-state index in [0.717, 1.165) is 5.92 Å². The molecule has 0 heteroatoms. The Balaban J connectivity index is 4.14. The van der Waals surface area contributed by atoms with E-state index in [1.165, 1.54) is 38.5 Å². The Morgan fingerprint density at radius 3 is 1.87 bits per heavy atom. The summed E-state index contributed by atoms with van der Waals surface area (Å²) >= 11 is 0. The zero-order chi connectivity index (χ0) is 11.7. The molecule has 0 bridgehead atoms. The molecular formula is C15H30. The van der Waals surface area contributed by atoms with E-state index in [1.807, 2.05) is 0 Å². The standard InChI is InChI=1S/C15H30/c1-6-10-11-12-13-14(5)15(7-2,8-3)9-4/h10-11,14H,6-9,12-13H2,1-5H3. The third kappa shape index (κ3) is 4.40. The lowest BCUT2D eigenvalue weighted by Crippen LogP contribution is -2.26. The van der Waals surface area contributed by atoms with E-state index in [9.17, 15) is 0 Å². The van der Waals surface area contributed by atoms with Crippen molar-refractivity contribution in [2.24, 2.45) is 11.3 Å². The van der Waals surface area contributed by atoms with E-state index >= 15 is 0 Å². The lowest BCUT2D eigenvalue weighted by molar-refractivity contribution is 0.141. The largest absolute Gasteiger partial charge is 0.0888 e. The van der Waals surface area contributed by atoms with Crippen LogP contribution in [0.2, 0.25) is 0 Å². The van der Waals surface area contributed by atoms with Crippen LogP contribution in [0.1, 0.15) is 73.1 Å². The van der Waals surface area contributed by atoms with E-state index in [-0.39, 0.29) is 0 Å². The van der Waals surface area contributed by atoms with E-state index in [2.05, 4.69) is 46.8 Å². The summed E-state index contributed by atoms with van der Waals surface area (Å²) in [6.45, 7) is 11.7. The molecule has 15 heavy (non-hydrogen) atoms. The second-order valence-electron chi connectivity index (χ2n) is 4.78. The molecule has 0 aliphatic carbocycles. The highest BCUT2D eigenvalue weighted by Gasteiger charge is 2.29. The Hall–Kier alpha value is -0.260. The maximum Gasteiger partial charge on any atom is -0.0280 e. The minimum atomic E-state index is 0.597. The van der Waals surface area contributed by atoms with Gasteiger partial charge in [-0.05, 0) is 30.6 Å². The molecule has 0 saturated carbocycles. The van der Waals surface area contributed by atoms with Crippen molar-refractivity contribution in [1.29, 1.82) is 0 Å². The van der Waals surface area contributed by atoms with Crippen LogP contribution in [0.25, 0.3) is 0 Å². The average molecular weight is 210 g/mol. The van der Waals surface area contributed by atoms with Crippen LogP contribution in [0.3, 0.4) is 0 Å². The van der Waals surface area contributed by atoms with Gasteiger partial charge in [0.25, 0.3) is 0 Å². The van der Waals surface area contributed by atoms with Gasteiger partial charge in [0.2, 0.25) is 0 Å². The fourth-order valence-electron chi connectivity index (χ4n) is 2.73. The summed E-state index contributed by atoms with van der Waals surface area (Å²) in [7, 11) is 0. The van der Waals surface area contributed by atoms with Crippen molar-refractivity contribution < 1.29 is 0 Å². The first-order chi connectivity index (χ1) is 7.16. The fourth-order valence-corrected chi connectivity index (χ4v) is 2.73. The molecule has 0 aromatic heterocycles. The Kier molecular flexibility index (Phi) is 7.82. The first-order valence-corrected chi connectivity index (χ1v) is 6.81. The minimum Gasteiger partial charge on any atom is -0.0888 e. The maximum atomic E-state index is 2.44. The summed E-state index contributed by atoms with van der Waals surface area (Å²) in [5.74, 6) is 0.860. The lowest BCUT2D eigenvalue weighted by Gasteiger charge is -2.37. The molecule has 0 radical (unpaired) electrons. The topological polar surface area (TPSA) is 0 Å². The Bertz CT molecular complexity index is 155. The molecule has 0 amide bonds. The number of allylic oxidation sites excluding steroid dienone is 2. The van der Waals surface area contributed by atoms with Crippen LogP contribution in [-0.2, 0) is 0 Å². The van der Waals surface area contributed by atoms with Gasteiger partial charge in [-0.25, -0.2) is 0 Å². The van der Waals surface area contributed by atoms with Gasteiger partial charge in [0.15, 0.2) is 0 Å². The predicted molar refractivity (Wildman–Crippen MR) is 71.1 cm³/mol. The van der Waals surface area contributed by atoms with Gasteiger partial charge < -0.3 is 0 Å². The molecule has 0 heterocycles. The van der Waals surface area contributed by atoms with Gasteiger partial charge in [0.05, 0.1) is 0 Å². The normalized spacial score (nSPS) is 14.7. The lowest BCUT2D eigenvalue weighted by atomic mass is 9.68. The quantitative estimate of drug-likeness (QED) is 0.458. The van der Waals surface area contributed by atoms with Crippen molar-refractivity contribution in [3.63, 3.8) is 0 Å². The predicted octanol–water partition coefficient (Wildman–Crippen LogP) is 5.59. The third-order valence-electron chi connectivity index (χ3n) is 4.33. The number of hydrogen-bond donors (Lipinski definition) is 0. The van der Waals surface area contributed by atoms with Crippen molar-refractivity contribution in [2.75, 3.05) is 0 Å². The molecule has 0 aliphatic rings. The highest BCUT2D eigenvalue weighted by atomic mass is 14.3. The van der Waals surface area contributed by atoms with Gasteiger partial charge in [-0.3, -0.25) is 0 Å². The maximum absolute atomic E-state index is 2.44. The van der Waals surface area contributed by atoms with Crippen LogP contribution in [0, 0.1) is 11.3 Å². The first-order valence-electron chi connectivity index (χ1n) is 6.81.